The summed E-state index contributed by atoms with van der Waals surface area (Å²) in [6.45, 7) is 1.33. The predicted octanol–water partition coefficient (Wildman–Crippen LogP) is 0.0718. The van der Waals surface area contributed by atoms with Gasteiger partial charge in [-0.2, -0.15) is 0 Å². The molecule has 0 saturated carbocycles. The molecule has 0 aliphatic rings. The Morgan fingerprint density at radius 3 is 2.54 bits per heavy atom. The van der Waals surface area contributed by atoms with Gasteiger partial charge < -0.3 is 9.47 Å². The van der Waals surface area contributed by atoms with Crippen molar-refractivity contribution in [3.8, 4) is 0 Å². The van der Waals surface area contributed by atoms with Crippen molar-refractivity contribution in [3.63, 3.8) is 0 Å². The van der Waals surface area contributed by atoms with Crippen LogP contribution in [-0.2, 0) is 23.9 Å². The number of carbonyl (C=O) groups excluding carboxylic acids is 3. The maximum absolute atomic E-state index is 10.7. The van der Waals surface area contributed by atoms with Gasteiger partial charge >= 0.3 is 5.97 Å². The average molecular weight is 188 g/mol. The van der Waals surface area contributed by atoms with Gasteiger partial charge in [0.05, 0.1) is 0 Å². The fourth-order valence-electron chi connectivity index (χ4n) is 0.606. The molecule has 0 aliphatic heterocycles. The number of carbonyl (C=O) groups is 3. The molecule has 0 spiro atoms. The van der Waals surface area contributed by atoms with Crippen molar-refractivity contribution in [1.29, 1.82) is 0 Å². The number of ketones is 1. The number of hydrogen-bond acceptors (Lipinski definition) is 5. The standard InChI is InChI=1S/C8H12O5/c1-2-3-8(11)13-5-7(10)4-12-6-9/h6H,2-5H2,1H3. The van der Waals surface area contributed by atoms with Crippen LogP contribution in [0.4, 0.5) is 0 Å². The van der Waals surface area contributed by atoms with E-state index in [9.17, 15) is 14.4 Å². The third-order valence-electron chi connectivity index (χ3n) is 1.16. The molecular weight excluding hydrogens is 176 g/mol. The van der Waals surface area contributed by atoms with Crippen molar-refractivity contribution in [1.82, 2.24) is 0 Å². The van der Waals surface area contributed by atoms with Gasteiger partial charge in [0, 0.05) is 6.42 Å². The Kier molecular flexibility index (Phi) is 6.49. The summed E-state index contributed by atoms with van der Waals surface area (Å²) in [5.74, 6) is -0.849. The molecule has 0 aliphatic carbocycles. The van der Waals surface area contributed by atoms with Crippen LogP contribution >= 0.6 is 0 Å². The van der Waals surface area contributed by atoms with Gasteiger partial charge in [-0.3, -0.25) is 14.4 Å². The molecule has 0 heterocycles. The first-order valence-electron chi connectivity index (χ1n) is 3.93. The molecule has 0 aromatic carbocycles. The summed E-state index contributed by atoms with van der Waals surface area (Å²) < 4.78 is 8.72. The monoisotopic (exact) mass is 188 g/mol. The van der Waals surface area contributed by atoms with E-state index in [1.54, 1.807) is 0 Å². The van der Waals surface area contributed by atoms with Gasteiger partial charge in [-0.15, -0.1) is 0 Å². The van der Waals surface area contributed by atoms with E-state index in [4.69, 9.17) is 0 Å². The molecule has 5 heteroatoms. The highest BCUT2D eigenvalue weighted by molar-refractivity contribution is 5.83. The molecule has 0 aromatic heterocycles. The summed E-state index contributed by atoms with van der Waals surface area (Å²) >= 11 is 0. The molecule has 5 nitrogen and oxygen atoms in total. The maximum Gasteiger partial charge on any atom is 0.306 e. The van der Waals surface area contributed by atoms with E-state index in [0.29, 0.717) is 12.8 Å². The van der Waals surface area contributed by atoms with Crippen molar-refractivity contribution >= 4 is 18.2 Å². The molecular formula is C8H12O5. The number of esters is 1. The molecule has 0 saturated heterocycles. The van der Waals surface area contributed by atoms with Gasteiger partial charge in [-0.05, 0) is 6.42 Å². The van der Waals surface area contributed by atoms with Crippen LogP contribution in [-0.4, -0.2) is 31.4 Å². The molecule has 0 rings (SSSR count). The third-order valence-corrected chi connectivity index (χ3v) is 1.16. The quantitative estimate of drug-likeness (QED) is 0.417. The maximum atomic E-state index is 10.7. The van der Waals surface area contributed by atoms with Crippen molar-refractivity contribution in [2.75, 3.05) is 13.2 Å². The first-order valence-corrected chi connectivity index (χ1v) is 3.93. The molecule has 0 bridgehead atoms. The Morgan fingerprint density at radius 2 is 2.00 bits per heavy atom. The van der Waals surface area contributed by atoms with Crippen LogP contribution in [0, 0.1) is 0 Å². The molecule has 0 amide bonds. The number of Topliss-reactive ketones (excluding diaryl/α,β-unsaturated/α-hetero) is 1. The van der Waals surface area contributed by atoms with E-state index in [1.807, 2.05) is 6.92 Å². The zero-order valence-corrected chi connectivity index (χ0v) is 7.45. The van der Waals surface area contributed by atoms with Crippen LogP contribution in [0.1, 0.15) is 19.8 Å². The van der Waals surface area contributed by atoms with Crippen LogP contribution in [0.15, 0.2) is 0 Å². The van der Waals surface area contributed by atoms with Gasteiger partial charge in [0.1, 0.15) is 0 Å². The average Bonchev–Trinajstić information content (AvgIpc) is 2.12. The van der Waals surface area contributed by atoms with E-state index in [0.717, 1.165) is 0 Å². The Labute approximate surface area is 76.0 Å². The van der Waals surface area contributed by atoms with E-state index in [2.05, 4.69) is 9.47 Å². The molecule has 74 valence electrons. The van der Waals surface area contributed by atoms with Crippen LogP contribution in [0.3, 0.4) is 0 Å². The summed E-state index contributed by atoms with van der Waals surface area (Å²) in [5.41, 5.74) is 0. The van der Waals surface area contributed by atoms with Crippen LogP contribution < -0.4 is 0 Å². The number of rotatable bonds is 7. The van der Waals surface area contributed by atoms with E-state index < -0.39 is 11.8 Å². The number of hydrogen-bond donors (Lipinski definition) is 0. The smallest absolute Gasteiger partial charge is 0.306 e. The van der Waals surface area contributed by atoms with Gasteiger partial charge in [0.25, 0.3) is 6.47 Å². The molecule has 0 radical (unpaired) electrons. The van der Waals surface area contributed by atoms with E-state index in [1.165, 1.54) is 0 Å². The highest BCUT2D eigenvalue weighted by atomic mass is 16.5. The lowest BCUT2D eigenvalue weighted by atomic mass is 10.3. The van der Waals surface area contributed by atoms with Crippen LogP contribution in [0.25, 0.3) is 0 Å². The summed E-state index contributed by atoms with van der Waals surface area (Å²) in [6, 6.07) is 0. The number of ether oxygens (including phenoxy) is 2. The second-order valence-corrected chi connectivity index (χ2v) is 2.36. The van der Waals surface area contributed by atoms with Crippen molar-refractivity contribution in [2.45, 2.75) is 19.8 Å². The fourth-order valence-corrected chi connectivity index (χ4v) is 0.606. The molecule has 0 atom stereocenters. The lowest BCUT2D eigenvalue weighted by Crippen LogP contribution is -2.17. The van der Waals surface area contributed by atoms with Gasteiger partial charge in [-0.1, -0.05) is 6.92 Å². The summed E-state index contributed by atoms with van der Waals surface area (Å²) in [6.07, 6.45) is 0.972. The lowest BCUT2D eigenvalue weighted by Gasteiger charge is -2.01. The lowest BCUT2D eigenvalue weighted by molar-refractivity contribution is -0.149. The zero-order chi connectivity index (χ0) is 10.1. The molecule has 0 aromatic rings. The second-order valence-electron chi connectivity index (χ2n) is 2.36. The first kappa shape index (κ1) is 11.6. The Balaban J connectivity index is 3.45. The molecule has 0 unspecified atom stereocenters. The zero-order valence-electron chi connectivity index (χ0n) is 7.45. The molecule has 0 N–H and O–H groups in total. The minimum Gasteiger partial charge on any atom is -0.460 e. The van der Waals surface area contributed by atoms with Crippen LogP contribution in [0.5, 0.6) is 0 Å². The van der Waals surface area contributed by atoms with Gasteiger partial charge in [0.2, 0.25) is 5.78 Å². The largest absolute Gasteiger partial charge is 0.460 e. The molecule has 0 fully saturated rings. The van der Waals surface area contributed by atoms with E-state index in [-0.39, 0.29) is 19.7 Å². The Hall–Kier alpha value is -1.39. The van der Waals surface area contributed by atoms with Crippen molar-refractivity contribution < 1.29 is 23.9 Å². The highest BCUT2D eigenvalue weighted by Gasteiger charge is 2.06. The van der Waals surface area contributed by atoms with Crippen LogP contribution in [0.2, 0.25) is 0 Å². The van der Waals surface area contributed by atoms with Crippen molar-refractivity contribution in [2.24, 2.45) is 0 Å². The summed E-state index contributed by atoms with van der Waals surface area (Å²) in [7, 11) is 0. The second kappa shape index (κ2) is 7.27. The Morgan fingerprint density at radius 1 is 1.31 bits per heavy atom. The van der Waals surface area contributed by atoms with Gasteiger partial charge in [0.15, 0.2) is 13.2 Å². The normalized spacial score (nSPS) is 9.00. The first-order chi connectivity index (χ1) is 6.20. The third kappa shape index (κ3) is 6.99. The Bertz CT molecular complexity index is 187. The minimum atomic E-state index is -0.434. The van der Waals surface area contributed by atoms with E-state index >= 15 is 0 Å². The van der Waals surface area contributed by atoms with Crippen molar-refractivity contribution in [3.05, 3.63) is 0 Å². The predicted molar refractivity (Wildman–Crippen MR) is 42.9 cm³/mol. The summed E-state index contributed by atoms with van der Waals surface area (Å²) in [4.78, 5) is 31.2. The fraction of sp³-hybridized carbons (Fsp3) is 0.625. The molecule has 13 heavy (non-hydrogen) atoms. The summed E-state index contributed by atoms with van der Waals surface area (Å²) in [5, 5.41) is 0. The SMILES string of the molecule is CCCC(=O)OCC(=O)COC=O. The highest BCUT2D eigenvalue weighted by Crippen LogP contribution is 1.91. The minimum absolute atomic E-state index is 0.172. The van der Waals surface area contributed by atoms with Gasteiger partial charge in [-0.25, -0.2) is 0 Å². The topological polar surface area (TPSA) is 69.7 Å².